The Hall–Kier alpha value is -0.0400. The largest absolute Gasteiger partial charge is 0.457 e. The SMILES string of the molecule is C[CH-]N(CC)CC. The van der Waals surface area contributed by atoms with Crippen LogP contribution in [0, 0.1) is 6.54 Å². The highest BCUT2D eigenvalue weighted by atomic mass is 15.1. The zero-order valence-electron chi connectivity index (χ0n) is 5.44. The lowest BCUT2D eigenvalue weighted by Gasteiger charge is -2.25. The smallest absolute Gasteiger partial charge is 0.0331 e. The van der Waals surface area contributed by atoms with Gasteiger partial charge in [0.15, 0.2) is 0 Å². The molecule has 0 atom stereocenters. The van der Waals surface area contributed by atoms with E-state index in [0.717, 1.165) is 13.1 Å². The highest BCUT2D eigenvalue weighted by molar-refractivity contribution is 4.56. The molecule has 0 spiro atoms. The predicted octanol–water partition coefficient (Wildman–Crippen LogP) is 1.51. The summed E-state index contributed by atoms with van der Waals surface area (Å²) in [5.41, 5.74) is 0. The second-order valence-electron chi connectivity index (χ2n) is 1.48. The first kappa shape index (κ1) is 6.96. The lowest BCUT2D eigenvalue weighted by Crippen LogP contribution is -2.17. The van der Waals surface area contributed by atoms with Crippen LogP contribution in [0.4, 0.5) is 0 Å². The molecule has 0 saturated heterocycles. The molecule has 1 nitrogen and oxygen atoms in total. The van der Waals surface area contributed by atoms with E-state index >= 15 is 0 Å². The second kappa shape index (κ2) is 4.13. The molecule has 0 aromatic rings. The molecule has 0 fully saturated rings. The standard InChI is InChI=1S/C6H14N/c1-4-7(5-2)6-3/h4H,5-6H2,1-3H3/q-1. The van der Waals surface area contributed by atoms with E-state index in [1.165, 1.54) is 0 Å². The van der Waals surface area contributed by atoms with Crippen LogP contribution in [0.5, 0.6) is 0 Å². The average Bonchev–Trinajstić information content (AvgIpc) is 1.72. The molecule has 0 heterocycles. The van der Waals surface area contributed by atoms with Crippen molar-refractivity contribution in [3.05, 3.63) is 6.54 Å². The third-order valence-electron chi connectivity index (χ3n) is 1.18. The summed E-state index contributed by atoms with van der Waals surface area (Å²) in [6.07, 6.45) is 0. The van der Waals surface area contributed by atoms with Crippen LogP contribution in [-0.2, 0) is 0 Å². The molecule has 7 heavy (non-hydrogen) atoms. The molecule has 0 aliphatic carbocycles. The summed E-state index contributed by atoms with van der Waals surface area (Å²) in [7, 11) is 0. The minimum atomic E-state index is 1.13. The van der Waals surface area contributed by atoms with Gasteiger partial charge in [0, 0.05) is 0 Å². The molecule has 0 N–H and O–H groups in total. The molecule has 0 rings (SSSR count). The normalized spacial score (nSPS) is 10.3. The van der Waals surface area contributed by atoms with Crippen LogP contribution < -0.4 is 0 Å². The fourth-order valence-corrected chi connectivity index (χ4v) is 0.589. The zero-order valence-corrected chi connectivity index (χ0v) is 5.44. The van der Waals surface area contributed by atoms with Crippen LogP contribution in [-0.4, -0.2) is 18.0 Å². The summed E-state index contributed by atoms with van der Waals surface area (Å²) in [6.45, 7) is 10.8. The van der Waals surface area contributed by atoms with Gasteiger partial charge in [0.1, 0.15) is 0 Å². The third-order valence-corrected chi connectivity index (χ3v) is 1.18. The Labute approximate surface area is 46.3 Å². The second-order valence-corrected chi connectivity index (χ2v) is 1.48. The Kier molecular flexibility index (Phi) is 4.10. The highest BCUT2D eigenvalue weighted by Crippen LogP contribution is 1.87. The lowest BCUT2D eigenvalue weighted by molar-refractivity contribution is 0.375. The summed E-state index contributed by atoms with van der Waals surface area (Å²) in [4.78, 5) is 2.25. The summed E-state index contributed by atoms with van der Waals surface area (Å²) >= 11 is 0. The van der Waals surface area contributed by atoms with Crippen LogP contribution in [0.15, 0.2) is 0 Å². The molecule has 0 bridgehead atoms. The molecule has 0 amide bonds. The van der Waals surface area contributed by atoms with E-state index in [9.17, 15) is 0 Å². The van der Waals surface area contributed by atoms with Crippen molar-refractivity contribution in [1.29, 1.82) is 0 Å². The first-order valence-electron chi connectivity index (χ1n) is 2.88. The van der Waals surface area contributed by atoms with E-state index in [-0.39, 0.29) is 0 Å². The van der Waals surface area contributed by atoms with E-state index in [1.807, 2.05) is 0 Å². The summed E-state index contributed by atoms with van der Waals surface area (Å²) in [5.74, 6) is 0. The van der Waals surface area contributed by atoms with Crippen molar-refractivity contribution in [3.8, 4) is 0 Å². The van der Waals surface area contributed by atoms with Gasteiger partial charge in [0.05, 0.1) is 0 Å². The van der Waals surface area contributed by atoms with Gasteiger partial charge in [-0.3, -0.25) is 6.54 Å². The minimum absolute atomic E-state index is 1.13. The molecular formula is C6H14N-. The Balaban J connectivity index is 2.99. The average molecular weight is 100 g/mol. The van der Waals surface area contributed by atoms with Gasteiger partial charge in [-0.1, -0.05) is 13.8 Å². The van der Waals surface area contributed by atoms with Gasteiger partial charge in [0.25, 0.3) is 0 Å². The first-order valence-corrected chi connectivity index (χ1v) is 2.88. The van der Waals surface area contributed by atoms with E-state index in [2.05, 4.69) is 32.2 Å². The van der Waals surface area contributed by atoms with Crippen LogP contribution in [0.3, 0.4) is 0 Å². The van der Waals surface area contributed by atoms with Crippen molar-refractivity contribution in [3.63, 3.8) is 0 Å². The Morgan fingerprint density at radius 1 is 1.29 bits per heavy atom. The Morgan fingerprint density at radius 2 is 1.71 bits per heavy atom. The van der Waals surface area contributed by atoms with E-state index in [0.29, 0.717) is 0 Å². The molecule has 0 aromatic heterocycles. The van der Waals surface area contributed by atoms with Crippen LogP contribution in [0.25, 0.3) is 0 Å². The van der Waals surface area contributed by atoms with Gasteiger partial charge >= 0.3 is 0 Å². The van der Waals surface area contributed by atoms with Crippen LogP contribution in [0.1, 0.15) is 20.8 Å². The third kappa shape index (κ3) is 2.63. The Morgan fingerprint density at radius 3 is 1.71 bits per heavy atom. The molecule has 1 heteroatoms. The highest BCUT2D eigenvalue weighted by Gasteiger charge is 1.78. The van der Waals surface area contributed by atoms with E-state index in [4.69, 9.17) is 0 Å². The van der Waals surface area contributed by atoms with Gasteiger partial charge in [-0.05, 0) is 13.1 Å². The molecule has 0 aliphatic heterocycles. The van der Waals surface area contributed by atoms with E-state index in [1.54, 1.807) is 0 Å². The number of hydrogen-bond acceptors (Lipinski definition) is 1. The molecule has 0 aromatic carbocycles. The zero-order chi connectivity index (χ0) is 5.70. The van der Waals surface area contributed by atoms with Gasteiger partial charge < -0.3 is 4.90 Å². The fourth-order valence-electron chi connectivity index (χ4n) is 0.589. The van der Waals surface area contributed by atoms with Crippen molar-refractivity contribution in [1.82, 2.24) is 4.90 Å². The van der Waals surface area contributed by atoms with Gasteiger partial charge in [-0.25, -0.2) is 0 Å². The first-order chi connectivity index (χ1) is 3.35. The molecule has 0 aliphatic rings. The van der Waals surface area contributed by atoms with Crippen molar-refractivity contribution in [2.45, 2.75) is 20.8 Å². The maximum Gasteiger partial charge on any atom is -0.0331 e. The molecular weight excluding hydrogens is 86.1 g/mol. The molecule has 0 unspecified atom stereocenters. The minimum Gasteiger partial charge on any atom is -0.457 e. The lowest BCUT2D eigenvalue weighted by atomic mass is 10.5. The van der Waals surface area contributed by atoms with Gasteiger partial charge in [0.2, 0.25) is 0 Å². The van der Waals surface area contributed by atoms with E-state index < -0.39 is 0 Å². The number of hydrogen-bond donors (Lipinski definition) is 0. The molecule has 44 valence electrons. The number of rotatable bonds is 3. The van der Waals surface area contributed by atoms with Crippen molar-refractivity contribution >= 4 is 0 Å². The predicted molar refractivity (Wildman–Crippen MR) is 32.9 cm³/mol. The summed E-state index contributed by atoms with van der Waals surface area (Å²) in [6, 6.07) is 0. The van der Waals surface area contributed by atoms with Crippen LogP contribution >= 0.6 is 0 Å². The van der Waals surface area contributed by atoms with Crippen LogP contribution in [0.2, 0.25) is 0 Å². The summed E-state index contributed by atoms with van der Waals surface area (Å²) in [5, 5.41) is 0. The Bertz CT molecular complexity index is 25.7. The van der Waals surface area contributed by atoms with Crippen molar-refractivity contribution in [2.75, 3.05) is 13.1 Å². The fraction of sp³-hybridized carbons (Fsp3) is 0.833. The van der Waals surface area contributed by atoms with Gasteiger partial charge in [-0.15, -0.1) is 0 Å². The van der Waals surface area contributed by atoms with Crippen molar-refractivity contribution < 1.29 is 0 Å². The number of nitrogens with zero attached hydrogens (tertiary/aromatic N) is 1. The molecule has 0 radical (unpaired) electrons. The maximum absolute atomic E-state index is 2.25. The monoisotopic (exact) mass is 100 g/mol. The van der Waals surface area contributed by atoms with Gasteiger partial charge in [-0.2, -0.15) is 6.92 Å². The quantitative estimate of drug-likeness (QED) is 0.486. The topological polar surface area (TPSA) is 3.24 Å². The summed E-state index contributed by atoms with van der Waals surface area (Å²) < 4.78 is 0. The maximum atomic E-state index is 2.25. The molecule has 0 saturated carbocycles. The van der Waals surface area contributed by atoms with Crippen molar-refractivity contribution in [2.24, 2.45) is 0 Å².